The Bertz CT molecular complexity index is 753. The molecule has 122 valence electrons. The topological polar surface area (TPSA) is 39.9 Å². The second-order valence-corrected chi connectivity index (χ2v) is 7.25. The van der Waals surface area contributed by atoms with E-state index in [1.807, 2.05) is 12.3 Å². The Morgan fingerprint density at radius 1 is 1.12 bits per heavy atom. The van der Waals surface area contributed by atoms with Gasteiger partial charge in [0.15, 0.2) is 0 Å². The van der Waals surface area contributed by atoms with Crippen LogP contribution in [0, 0.1) is 11.3 Å². The number of benzene rings is 1. The van der Waals surface area contributed by atoms with Crippen LogP contribution < -0.4 is 0 Å². The number of likely N-dealkylation sites (tertiary alicyclic amines) is 1. The molecule has 2 aromatic rings. The van der Waals surface area contributed by atoms with Crippen LogP contribution in [0.3, 0.4) is 0 Å². The van der Waals surface area contributed by atoms with E-state index >= 15 is 0 Å². The van der Waals surface area contributed by atoms with Gasteiger partial charge >= 0.3 is 0 Å². The Labute approximate surface area is 143 Å². The fourth-order valence-electron chi connectivity index (χ4n) is 4.24. The van der Waals surface area contributed by atoms with Crippen LogP contribution in [0.15, 0.2) is 42.7 Å². The number of hydrogen-bond donors (Lipinski definition) is 0. The summed E-state index contributed by atoms with van der Waals surface area (Å²) < 4.78 is 0. The summed E-state index contributed by atoms with van der Waals surface area (Å²) in [5.41, 5.74) is 4.20. The average Bonchev–Trinajstić information content (AvgIpc) is 3.00. The molecular formula is C21H23N3. The van der Waals surface area contributed by atoms with E-state index in [1.165, 1.54) is 37.8 Å². The summed E-state index contributed by atoms with van der Waals surface area (Å²) in [4.78, 5) is 6.86. The third kappa shape index (κ3) is 2.83. The summed E-state index contributed by atoms with van der Waals surface area (Å²) in [5, 5.41) is 9.00. The number of pyridine rings is 1. The molecule has 0 N–H and O–H groups in total. The van der Waals surface area contributed by atoms with Crippen LogP contribution in [0.4, 0.5) is 0 Å². The van der Waals surface area contributed by atoms with Crippen LogP contribution in [0.5, 0.6) is 0 Å². The molecule has 0 bridgehead atoms. The van der Waals surface area contributed by atoms with Crippen LogP contribution in [-0.2, 0) is 0 Å². The van der Waals surface area contributed by atoms with E-state index in [0.717, 1.165) is 23.2 Å². The first-order valence-corrected chi connectivity index (χ1v) is 8.96. The van der Waals surface area contributed by atoms with Crippen molar-refractivity contribution in [3.8, 4) is 17.2 Å². The second kappa shape index (κ2) is 6.37. The molecule has 2 heterocycles. The normalized spacial score (nSPS) is 26.8. The van der Waals surface area contributed by atoms with Crippen molar-refractivity contribution in [3.63, 3.8) is 0 Å². The van der Waals surface area contributed by atoms with Gasteiger partial charge < -0.3 is 0 Å². The standard InChI is InChI=1S/C21H23N3/c1-15-3-2-8-24(15)21-10-19(11-21)17-4-6-18(7-5-17)20-9-16(12-22)13-23-14-20/h4-7,9,13-15,19,21H,2-3,8,10-11H2,1H3/t15-,19?,21?/m1/s1. The molecule has 1 saturated carbocycles. The highest BCUT2D eigenvalue weighted by Crippen LogP contribution is 2.42. The Morgan fingerprint density at radius 2 is 1.92 bits per heavy atom. The first-order chi connectivity index (χ1) is 11.7. The van der Waals surface area contributed by atoms with Crippen LogP contribution in [-0.4, -0.2) is 28.5 Å². The molecule has 3 heteroatoms. The van der Waals surface area contributed by atoms with Crippen LogP contribution in [0.25, 0.3) is 11.1 Å². The fraction of sp³-hybridized carbons (Fsp3) is 0.429. The quantitative estimate of drug-likeness (QED) is 0.845. The molecule has 2 aliphatic rings. The van der Waals surface area contributed by atoms with Gasteiger partial charge in [-0.3, -0.25) is 9.88 Å². The van der Waals surface area contributed by atoms with Crippen molar-refractivity contribution in [3.05, 3.63) is 53.9 Å². The third-order valence-corrected chi connectivity index (χ3v) is 5.77. The van der Waals surface area contributed by atoms with Crippen LogP contribution in [0.2, 0.25) is 0 Å². The maximum absolute atomic E-state index is 9.00. The van der Waals surface area contributed by atoms with Gasteiger partial charge in [-0.1, -0.05) is 24.3 Å². The molecule has 0 radical (unpaired) electrons. The molecule has 1 aromatic heterocycles. The van der Waals surface area contributed by atoms with Crippen molar-refractivity contribution < 1.29 is 0 Å². The second-order valence-electron chi connectivity index (χ2n) is 7.25. The molecule has 3 nitrogen and oxygen atoms in total. The maximum atomic E-state index is 9.00. The minimum absolute atomic E-state index is 0.609. The van der Waals surface area contributed by atoms with E-state index in [2.05, 4.69) is 47.1 Å². The third-order valence-electron chi connectivity index (χ3n) is 5.77. The van der Waals surface area contributed by atoms with E-state index in [1.54, 1.807) is 6.20 Å². The van der Waals surface area contributed by atoms with Gasteiger partial charge in [-0.15, -0.1) is 0 Å². The smallest absolute Gasteiger partial charge is 0.101 e. The lowest BCUT2D eigenvalue weighted by Gasteiger charge is -2.43. The lowest BCUT2D eigenvalue weighted by atomic mass is 9.74. The van der Waals surface area contributed by atoms with E-state index in [-0.39, 0.29) is 0 Å². The molecule has 1 aromatic carbocycles. The summed E-state index contributed by atoms with van der Waals surface area (Å²) in [6.45, 7) is 3.66. The largest absolute Gasteiger partial charge is 0.298 e. The average molecular weight is 317 g/mol. The Hall–Kier alpha value is -2.18. The van der Waals surface area contributed by atoms with Gasteiger partial charge in [0.05, 0.1) is 5.56 Å². The van der Waals surface area contributed by atoms with Crippen LogP contribution >= 0.6 is 0 Å². The number of nitrogens with zero attached hydrogens (tertiary/aromatic N) is 3. The highest BCUT2D eigenvalue weighted by molar-refractivity contribution is 5.64. The van der Waals surface area contributed by atoms with Crippen molar-refractivity contribution in [2.24, 2.45) is 0 Å². The van der Waals surface area contributed by atoms with Gasteiger partial charge in [0.1, 0.15) is 6.07 Å². The highest BCUT2D eigenvalue weighted by Gasteiger charge is 2.37. The first kappa shape index (κ1) is 15.4. The van der Waals surface area contributed by atoms with Gasteiger partial charge in [0.25, 0.3) is 0 Å². The minimum atomic E-state index is 0.609. The van der Waals surface area contributed by atoms with E-state index in [9.17, 15) is 0 Å². The minimum Gasteiger partial charge on any atom is -0.298 e. The zero-order valence-electron chi connectivity index (χ0n) is 14.2. The molecular weight excluding hydrogens is 294 g/mol. The predicted molar refractivity (Wildman–Crippen MR) is 95.6 cm³/mol. The van der Waals surface area contributed by atoms with Crippen LogP contribution in [0.1, 0.15) is 49.7 Å². The summed E-state index contributed by atoms with van der Waals surface area (Å²) in [6.07, 6.45) is 8.76. The highest BCUT2D eigenvalue weighted by atomic mass is 15.2. The zero-order valence-corrected chi connectivity index (χ0v) is 14.2. The van der Waals surface area contributed by atoms with Crippen molar-refractivity contribution >= 4 is 0 Å². The predicted octanol–water partition coefficient (Wildman–Crippen LogP) is 4.35. The Balaban J connectivity index is 1.43. The SMILES string of the molecule is C[C@@H]1CCCN1C1CC(c2ccc(-c3cncc(C#N)c3)cc2)C1. The number of hydrogen-bond acceptors (Lipinski definition) is 3. The molecule has 0 amide bonds. The summed E-state index contributed by atoms with van der Waals surface area (Å²) in [6, 6.07) is 14.5. The summed E-state index contributed by atoms with van der Waals surface area (Å²) in [7, 11) is 0. The molecule has 0 unspecified atom stereocenters. The van der Waals surface area contributed by atoms with Crippen molar-refractivity contribution in [2.45, 2.75) is 50.6 Å². The number of aromatic nitrogens is 1. The first-order valence-electron chi connectivity index (χ1n) is 8.96. The molecule has 1 aliphatic carbocycles. The number of rotatable bonds is 3. The van der Waals surface area contributed by atoms with Gasteiger partial charge in [-0.25, -0.2) is 0 Å². The van der Waals surface area contributed by atoms with Gasteiger partial charge in [-0.2, -0.15) is 5.26 Å². The van der Waals surface area contributed by atoms with Gasteiger partial charge in [0, 0.05) is 30.0 Å². The monoisotopic (exact) mass is 317 g/mol. The summed E-state index contributed by atoms with van der Waals surface area (Å²) >= 11 is 0. The van der Waals surface area contributed by atoms with Gasteiger partial charge in [-0.05, 0) is 62.3 Å². The molecule has 0 spiro atoms. The zero-order chi connectivity index (χ0) is 16.5. The van der Waals surface area contributed by atoms with Crippen molar-refractivity contribution in [1.82, 2.24) is 9.88 Å². The lowest BCUT2D eigenvalue weighted by molar-refractivity contribution is 0.103. The number of nitriles is 1. The molecule has 1 atom stereocenters. The maximum Gasteiger partial charge on any atom is 0.101 e. The Morgan fingerprint density at radius 3 is 2.58 bits per heavy atom. The molecule has 24 heavy (non-hydrogen) atoms. The molecule has 2 fully saturated rings. The molecule has 1 saturated heterocycles. The lowest BCUT2D eigenvalue weighted by Crippen LogP contribution is -2.45. The summed E-state index contributed by atoms with van der Waals surface area (Å²) in [5.74, 6) is 0.709. The fourth-order valence-corrected chi connectivity index (χ4v) is 4.24. The van der Waals surface area contributed by atoms with Crippen molar-refractivity contribution in [2.75, 3.05) is 6.54 Å². The Kier molecular flexibility index (Phi) is 4.08. The van der Waals surface area contributed by atoms with E-state index in [4.69, 9.17) is 5.26 Å². The van der Waals surface area contributed by atoms with Crippen molar-refractivity contribution in [1.29, 1.82) is 5.26 Å². The van der Waals surface area contributed by atoms with E-state index < -0.39 is 0 Å². The molecule has 1 aliphatic heterocycles. The van der Waals surface area contributed by atoms with Gasteiger partial charge in [0.2, 0.25) is 0 Å². The van der Waals surface area contributed by atoms with E-state index in [0.29, 0.717) is 11.5 Å². The molecule has 4 rings (SSSR count).